The zero-order chi connectivity index (χ0) is 21.5. The molecule has 1 saturated heterocycles. The molecule has 0 saturated carbocycles. The van der Waals surface area contributed by atoms with Crippen LogP contribution in [0, 0.1) is 0 Å². The van der Waals surface area contributed by atoms with Crippen molar-refractivity contribution < 1.29 is 31.1 Å². The molecule has 1 aliphatic heterocycles. The number of benzene rings is 1. The maximum atomic E-state index is 12.5. The van der Waals surface area contributed by atoms with Crippen molar-refractivity contribution in [1.82, 2.24) is 15.5 Å². The molecule has 2 N–H and O–H groups in total. The first-order chi connectivity index (χ1) is 13.5. The van der Waals surface area contributed by atoms with Gasteiger partial charge in [0.1, 0.15) is 6.61 Å². The highest BCUT2D eigenvalue weighted by molar-refractivity contribution is 14.0. The van der Waals surface area contributed by atoms with E-state index in [0.29, 0.717) is 31.0 Å². The van der Waals surface area contributed by atoms with E-state index in [1.54, 1.807) is 31.3 Å². The first kappa shape index (κ1) is 26.8. The van der Waals surface area contributed by atoms with Gasteiger partial charge in [0.05, 0.1) is 13.2 Å². The summed E-state index contributed by atoms with van der Waals surface area (Å²) in [5.41, 5.74) is 1.49. The van der Waals surface area contributed by atoms with E-state index < -0.39 is 25.5 Å². The minimum Gasteiger partial charge on any atom is -0.367 e. The molecule has 0 aromatic heterocycles. The molecule has 1 aromatic rings. The first-order valence-electron chi connectivity index (χ1n) is 9.03. The molecule has 1 unspecified atom stereocenters. The molecule has 5 nitrogen and oxygen atoms in total. The summed E-state index contributed by atoms with van der Waals surface area (Å²) in [4.78, 5) is 5.43. The van der Waals surface area contributed by atoms with Crippen LogP contribution in [-0.4, -0.2) is 62.5 Å². The minimum atomic E-state index is -4.35. The van der Waals surface area contributed by atoms with E-state index in [0.717, 1.165) is 5.56 Å². The predicted octanol–water partition coefficient (Wildman–Crippen LogP) is 3.69. The number of halogens is 7. The van der Waals surface area contributed by atoms with Crippen molar-refractivity contribution in [2.75, 3.05) is 33.3 Å². The van der Waals surface area contributed by atoms with Gasteiger partial charge in [-0.3, -0.25) is 9.89 Å². The van der Waals surface area contributed by atoms with Gasteiger partial charge in [-0.15, -0.1) is 24.0 Å². The summed E-state index contributed by atoms with van der Waals surface area (Å²) >= 11 is 0. The molecule has 1 fully saturated rings. The molecule has 172 valence electrons. The molecule has 0 radical (unpaired) electrons. The van der Waals surface area contributed by atoms with Crippen LogP contribution in [0.5, 0.6) is 0 Å². The Morgan fingerprint density at radius 1 is 1.10 bits per heavy atom. The van der Waals surface area contributed by atoms with Crippen molar-refractivity contribution in [2.45, 2.75) is 38.0 Å². The number of aliphatic imine (C=N–C) groups is 1. The van der Waals surface area contributed by atoms with Gasteiger partial charge in [-0.25, -0.2) is 0 Å². The maximum Gasteiger partial charge on any atom is 0.411 e. The molecular formula is C18H25F6IN4O. The van der Waals surface area contributed by atoms with Crippen molar-refractivity contribution in [3.63, 3.8) is 0 Å². The number of ether oxygens (including phenoxy) is 1. The third kappa shape index (κ3) is 10.7. The highest BCUT2D eigenvalue weighted by atomic mass is 127. The normalized spacial score (nSPS) is 18.2. The standard InChI is InChI=1S/C18H24F6N4O.HI/c1-25-16(27-15-6-7-28(9-15)11-17(19,20)21)26-8-13-2-4-14(5-3-13)10-29-12-18(22,23)24;/h2-5,15H,6-12H2,1H3,(H2,25,26,27);1H. The Kier molecular flexibility index (Phi) is 10.6. The van der Waals surface area contributed by atoms with Crippen molar-refractivity contribution in [2.24, 2.45) is 4.99 Å². The van der Waals surface area contributed by atoms with Crippen LogP contribution in [0.25, 0.3) is 0 Å². The highest BCUT2D eigenvalue weighted by Gasteiger charge is 2.34. The summed E-state index contributed by atoms with van der Waals surface area (Å²) in [5.74, 6) is 0.474. The van der Waals surface area contributed by atoms with Gasteiger partial charge in [0, 0.05) is 32.7 Å². The van der Waals surface area contributed by atoms with Crippen LogP contribution >= 0.6 is 24.0 Å². The molecule has 1 heterocycles. The van der Waals surface area contributed by atoms with E-state index >= 15 is 0 Å². The van der Waals surface area contributed by atoms with Gasteiger partial charge < -0.3 is 15.4 Å². The van der Waals surface area contributed by atoms with Crippen LogP contribution in [0.2, 0.25) is 0 Å². The molecule has 30 heavy (non-hydrogen) atoms. The molecule has 1 aromatic carbocycles. The molecule has 1 atom stereocenters. The van der Waals surface area contributed by atoms with Gasteiger partial charge in [0.25, 0.3) is 0 Å². The third-order valence-electron chi connectivity index (χ3n) is 4.26. The number of likely N-dealkylation sites (tertiary alicyclic amines) is 1. The fourth-order valence-corrected chi connectivity index (χ4v) is 2.96. The number of hydrogen-bond acceptors (Lipinski definition) is 3. The molecule has 2 rings (SSSR count). The predicted molar refractivity (Wildman–Crippen MR) is 112 cm³/mol. The number of hydrogen-bond donors (Lipinski definition) is 2. The van der Waals surface area contributed by atoms with Crippen LogP contribution < -0.4 is 10.6 Å². The number of nitrogens with zero attached hydrogens (tertiary/aromatic N) is 2. The molecule has 12 heteroatoms. The van der Waals surface area contributed by atoms with E-state index in [9.17, 15) is 26.3 Å². The summed E-state index contributed by atoms with van der Waals surface area (Å²) in [5, 5.41) is 6.18. The largest absolute Gasteiger partial charge is 0.411 e. The zero-order valence-corrected chi connectivity index (χ0v) is 18.6. The lowest BCUT2D eigenvalue weighted by atomic mass is 10.1. The van der Waals surface area contributed by atoms with Gasteiger partial charge in [0.2, 0.25) is 0 Å². The second-order valence-corrected chi connectivity index (χ2v) is 6.83. The van der Waals surface area contributed by atoms with Crippen LogP contribution in [0.1, 0.15) is 17.5 Å². The fourth-order valence-electron chi connectivity index (χ4n) is 2.96. The van der Waals surface area contributed by atoms with Gasteiger partial charge in [-0.2, -0.15) is 26.3 Å². The van der Waals surface area contributed by atoms with E-state index in [2.05, 4.69) is 20.4 Å². The topological polar surface area (TPSA) is 48.9 Å². The summed E-state index contributed by atoms with van der Waals surface area (Å²) in [7, 11) is 1.57. The smallest absolute Gasteiger partial charge is 0.367 e. The molecule has 1 aliphatic rings. The monoisotopic (exact) mass is 554 g/mol. The average molecular weight is 554 g/mol. The van der Waals surface area contributed by atoms with Gasteiger partial charge in [-0.05, 0) is 17.5 Å². The van der Waals surface area contributed by atoms with Gasteiger partial charge in [-0.1, -0.05) is 24.3 Å². The first-order valence-corrected chi connectivity index (χ1v) is 9.03. The van der Waals surface area contributed by atoms with Crippen LogP contribution in [0.15, 0.2) is 29.3 Å². The lowest BCUT2D eigenvalue weighted by molar-refractivity contribution is -0.176. The Bertz CT molecular complexity index is 666. The molecular weight excluding hydrogens is 529 g/mol. The van der Waals surface area contributed by atoms with E-state index in [1.807, 2.05) is 0 Å². The Balaban J connectivity index is 0.00000450. The van der Waals surface area contributed by atoms with Gasteiger partial charge >= 0.3 is 12.4 Å². The van der Waals surface area contributed by atoms with Gasteiger partial charge in [0.15, 0.2) is 5.96 Å². The molecule has 0 aliphatic carbocycles. The Morgan fingerprint density at radius 2 is 1.73 bits per heavy atom. The lowest BCUT2D eigenvalue weighted by Crippen LogP contribution is -2.44. The van der Waals surface area contributed by atoms with Crippen molar-refractivity contribution >= 4 is 29.9 Å². The van der Waals surface area contributed by atoms with Crippen molar-refractivity contribution in [3.05, 3.63) is 35.4 Å². The van der Waals surface area contributed by atoms with Crippen molar-refractivity contribution in [1.29, 1.82) is 0 Å². The number of guanidine groups is 1. The average Bonchev–Trinajstić information content (AvgIpc) is 3.03. The van der Waals surface area contributed by atoms with Crippen LogP contribution in [-0.2, 0) is 17.9 Å². The molecule has 0 amide bonds. The Morgan fingerprint density at radius 3 is 2.30 bits per heavy atom. The summed E-state index contributed by atoms with van der Waals surface area (Å²) < 4.78 is 78.2. The van der Waals surface area contributed by atoms with E-state index in [4.69, 9.17) is 0 Å². The van der Waals surface area contributed by atoms with E-state index in [1.165, 1.54) is 4.90 Å². The summed E-state index contributed by atoms with van der Waals surface area (Å²) in [6, 6.07) is 6.74. The Labute approximate surface area is 188 Å². The minimum absolute atomic E-state index is 0. The quantitative estimate of drug-likeness (QED) is 0.234. The molecule has 0 bridgehead atoms. The summed E-state index contributed by atoms with van der Waals surface area (Å²) in [6.45, 7) is -1.29. The lowest BCUT2D eigenvalue weighted by Gasteiger charge is -2.20. The van der Waals surface area contributed by atoms with E-state index in [-0.39, 0.29) is 43.2 Å². The second kappa shape index (κ2) is 11.9. The Hall–Kier alpha value is -1.28. The fraction of sp³-hybridized carbons (Fsp3) is 0.611. The number of nitrogens with one attached hydrogen (secondary N) is 2. The van der Waals surface area contributed by atoms with Crippen LogP contribution in [0.3, 0.4) is 0 Å². The van der Waals surface area contributed by atoms with Crippen molar-refractivity contribution in [3.8, 4) is 0 Å². The SMILES string of the molecule is CN=C(NCc1ccc(COCC(F)(F)F)cc1)NC1CCN(CC(F)(F)F)C1.I. The number of alkyl halides is 6. The molecule has 0 spiro atoms. The zero-order valence-electron chi connectivity index (χ0n) is 16.3. The summed E-state index contributed by atoms with van der Waals surface area (Å²) in [6.07, 6.45) is -7.97. The highest BCUT2D eigenvalue weighted by Crippen LogP contribution is 2.20. The second-order valence-electron chi connectivity index (χ2n) is 6.83. The van der Waals surface area contributed by atoms with Crippen LogP contribution in [0.4, 0.5) is 26.3 Å². The third-order valence-corrected chi connectivity index (χ3v) is 4.26. The maximum absolute atomic E-state index is 12.5. The number of rotatable bonds is 7.